The van der Waals surface area contributed by atoms with Crippen LogP contribution in [-0.2, 0) is 0 Å². The molecule has 0 spiro atoms. The summed E-state index contributed by atoms with van der Waals surface area (Å²) in [4.78, 5) is 11.7. The fourth-order valence-electron chi connectivity index (χ4n) is 1.46. The van der Waals surface area contributed by atoms with E-state index in [1.165, 1.54) is 0 Å². The molecule has 0 aromatic heterocycles. The lowest BCUT2D eigenvalue weighted by molar-refractivity contribution is 0.262. The molecule has 2 aromatic rings. The molecule has 2 rings (SSSR count). The number of carbonyl (C=O) groups excluding carboxylic acids is 1. The van der Waals surface area contributed by atoms with Crippen LogP contribution in [0.4, 0.5) is 25.0 Å². The Hall–Kier alpha value is -1.41. The number of nitrogens with one attached hydrogen (secondary N) is 2. The Bertz CT molecular complexity index is 611. The first-order chi connectivity index (χ1) is 9.45. The fraction of sp³-hybridized carbons (Fsp3) is 0. The van der Waals surface area contributed by atoms with Crippen LogP contribution in [0.3, 0.4) is 0 Å². The molecule has 104 valence electrons. The lowest BCUT2D eigenvalue weighted by atomic mass is 10.3. The highest BCUT2D eigenvalue weighted by molar-refractivity contribution is 14.1. The highest BCUT2D eigenvalue weighted by Crippen LogP contribution is 2.22. The first kappa shape index (κ1) is 15.0. The van der Waals surface area contributed by atoms with Crippen molar-refractivity contribution in [2.45, 2.75) is 0 Å². The molecule has 0 unspecified atom stereocenters. The van der Waals surface area contributed by atoms with Gasteiger partial charge in [0.2, 0.25) is 0 Å². The third kappa shape index (κ3) is 3.80. The van der Waals surface area contributed by atoms with Crippen molar-refractivity contribution in [1.29, 1.82) is 0 Å². The number of halogens is 4. The molecule has 20 heavy (non-hydrogen) atoms. The normalized spacial score (nSPS) is 10.2. The maximum absolute atomic E-state index is 13.4. The summed E-state index contributed by atoms with van der Waals surface area (Å²) < 4.78 is 26.9. The smallest absolute Gasteiger partial charge is 0.307 e. The number of carbonyl (C=O) groups is 1. The molecule has 2 aromatic carbocycles. The van der Waals surface area contributed by atoms with Crippen molar-refractivity contribution >= 4 is 51.6 Å². The summed E-state index contributed by atoms with van der Waals surface area (Å²) in [7, 11) is 0. The van der Waals surface area contributed by atoms with Gasteiger partial charge in [0, 0.05) is 14.7 Å². The Kier molecular flexibility index (Phi) is 4.77. The first-order valence-electron chi connectivity index (χ1n) is 5.44. The summed E-state index contributed by atoms with van der Waals surface area (Å²) in [5.74, 6) is -1.55. The zero-order valence-electron chi connectivity index (χ0n) is 9.88. The van der Waals surface area contributed by atoms with Crippen molar-refractivity contribution in [3.8, 4) is 0 Å². The second kappa shape index (κ2) is 6.36. The number of amides is 2. The minimum absolute atomic E-state index is 0.104. The van der Waals surface area contributed by atoms with Crippen molar-refractivity contribution in [2.24, 2.45) is 0 Å². The summed E-state index contributed by atoms with van der Waals surface area (Å²) in [5.41, 5.74) is 0.433. The van der Waals surface area contributed by atoms with E-state index in [4.69, 9.17) is 11.6 Å². The molecule has 2 amide bonds. The number of hydrogen-bond donors (Lipinski definition) is 2. The van der Waals surface area contributed by atoms with E-state index in [1.54, 1.807) is 18.2 Å². The Morgan fingerprint density at radius 1 is 1.05 bits per heavy atom. The van der Waals surface area contributed by atoms with Crippen LogP contribution in [-0.4, -0.2) is 6.03 Å². The monoisotopic (exact) mass is 408 g/mol. The molecule has 0 fully saturated rings. The number of anilines is 2. The van der Waals surface area contributed by atoms with Crippen LogP contribution in [0.2, 0.25) is 5.02 Å². The van der Waals surface area contributed by atoms with Gasteiger partial charge >= 0.3 is 6.03 Å². The Balaban J connectivity index is 2.09. The van der Waals surface area contributed by atoms with E-state index in [9.17, 15) is 13.6 Å². The van der Waals surface area contributed by atoms with Gasteiger partial charge in [0.1, 0.15) is 11.6 Å². The van der Waals surface area contributed by atoms with Crippen LogP contribution >= 0.6 is 34.2 Å². The van der Waals surface area contributed by atoms with Crippen LogP contribution in [0.5, 0.6) is 0 Å². The van der Waals surface area contributed by atoms with E-state index in [0.717, 1.165) is 15.7 Å². The van der Waals surface area contributed by atoms with E-state index in [1.807, 2.05) is 22.6 Å². The summed E-state index contributed by atoms with van der Waals surface area (Å²) >= 11 is 7.81. The molecule has 0 saturated carbocycles. The van der Waals surface area contributed by atoms with Gasteiger partial charge in [-0.3, -0.25) is 0 Å². The van der Waals surface area contributed by atoms with E-state index < -0.39 is 17.7 Å². The summed E-state index contributed by atoms with van der Waals surface area (Å²) in [6.07, 6.45) is 0. The Labute approximate surface area is 132 Å². The third-order valence-electron chi connectivity index (χ3n) is 2.36. The highest BCUT2D eigenvalue weighted by atomic mass is 127. The molecule has 0 aliphatic carbocycles. The first-order valence-corrected chi connectivity index (χ1v) is 6.89. The maximum atomic E-state index is 13.4. The van der Waals surface area contributed by atoms with E-state index in [2.05, 4.69) is 10.6 Å². The number of benzene rings is 2. The topological polar surface area (TPSA) is 41.1 Å². The average molecular weight is 409 g/mol. The van der Waals surface area contributed by atoms with Crippen LogP contribution < -0.4 is 10.6 Å². The molecule has 0 saturated heterocycles. The van der Waals surface area contributed by atoms with Gasteiger partial charge in [-0.2, -0.15) is 0 Å². The van der Waals surface area contributed by atoms with Gasteiger partial charge in [-0.1, -0.05) is 11.6 Å². The van der Waals surface area contributed by atoms with E-state index in [-0.39, 0.29) is 5.69 Å². The maximum Gasteiger partial charge on any atom is 0.323 e. The minimum Gasteiger partial charge on any atom is -0.307 e. The van der Waals surface area contributed by atoms with Gasteiger partial charge in [0.25, 0.3) is 0 Å². The summed E-state index contributed by atoms with van der Waals surface area (Å²) in [6, 6.07) is 7.21. The molecule has 2 N–H and O–H groups in total. The van der Waals surface area contributed by atoms with Gasteiger partial charge < -0.3 is 10.6 Å². The molecule has 0 heterocycles. The highest BCUT2D eigenvalue weighted by Gasteiger charge is 2.09. The predicted molar refractivity (Wildman–Crippen MR) is 83.2 cm³/mol. The molecule has 0 atom stereocenters. The van der Waals surface area contributed by atoms with E-state index >= 15 is 0 Å². The largest absolute Gasteiger partial charge is 0.323 e. The number of rotatable bonds is 2. The second-order valence-corrected chi connectivity index (χ2v) is 5.43. The van der Waals surface area contributed by atoms with Crippen molar-refractivity contribution in [3.05, 3.63) is 56.6 Å². The van der Waals surface area contributed by atoms with Gasteiger partial charge in [-0.05, 0) is 52.9 Å². The molecule has 7 heteroatoms. The van der Waals surface area contributed by atoms with Crippen molar-refractivity contribution in [1.82, 2.24) is 0 Å². The second-order valence-electron chi connectivity index (χ2n) is 3.83. The summed E-state index contributed by atoms with van der Waals surface area (Å²) in [6.45, 7) is 0. The van der Waals surface area contributed by atoms with Crippen molar-refractivity contribution in [2.75, 3.05) is 10.6 Å². The van der Waals surface area contributed by atoms with Gasteiger partial charge in [-0.25, -0.2) is 13.6 Å². The third-order valence-corrected chi connectivity index (χ3v) is 3.49. The molecule has 0 aliphatic heterocycles. The molecule has 0 aliphatic rings. The molecule has 3 nitrogen and oxygen atoms in total. The SMILES string of the molecule is O=C(Nc1ccc(F)cc1F)Nc1ccc(Cl)cc1I. The predicted octanol–water partition coefficient (Wildman–Crippen LogP) is 4.87. The van der Waals surface area contributed by atoms with Gasteiger partial charge in [0.15, 0.2) is 0 Å². The molecular weight excluding hydrogens is 401 g/mol. The van der Waals surface area contributed by atoms with E-state index in [0.29, 0.717) is 16.8 Å². The molecule has 0 radical (unpaired) electrons. The standard InChI is InChI=1S/C13H8ClF2IN2O/c14-7-1-3-12(10(17)5-7)19-13(20)18-11-4-2-8(15)6-9(11)16/h1-6H,(H2,18,19,20). The lowest BCUT2D eigenvalue weighted by Crippen LogP contribution is -2.20. The molecular formula is C13H8ClF2IN2O. The van der Waals surface area contributed by atoms with Gasteiger partial charge in [0.05, 0.1) is 11.4 Å². The van der Waals surface area contributed by atoms with Crippen LogP contribution in [0.1, 0.15) is 0 Å². The van der Waals surface area contributed by atoms with Crippen LogP contribution in [0, 0.1) is 15.2 Å². The zero-order valence-corrected chi connectivity index (χ0v) is 12.8. The zero-order chi connectivity index (χ0) is 14.7. The molecule has 0 bridgehead atoms. The Morgan fingerprint density at radius 2 is 1.70 bits per heavy atom. The average Bonchev–Trinajstić information content (AvgIpc) is 2.36. The van der Waals surface area contributed by atoms with Crippen molar-refractivity contribution < 1.29 is 13.6 Å². The van der Waals surface area contributed by atoms with Crippen LogP contribution in [0.15, 0.2) is 36.4 Å². The van der Waals surface area contributed by atoms with Crippen molar-refractivity contribution in [3.63, 3.8) is 0 Å². The fourth-order valence-corrected chi connectivity index (χ4v) is 2.46. The number of hydrogen-bond acceptors (Lipinski definition) is 1. The Morgan fingerprint density at radius 3 is 2.35 bits per heavy atom. The number of urea groups is 1. The van der Waals surface area contributed by atoms with Crippen LogP contribution in [0.25, 0.3) is 0 Å². The lowest BCUT2D eigenvalue weighted by Gasteiger charge is -2.10. The van der Waals surface area contributed by atoms with Gasteiger partial charge in [-0.15, -0.1) is 0 Å². The minimum atomic E-state index is -0.842. The summed E-state index contributed by atoms with van der Waals surface area (Å²) in [5, 5.41) is 5.40. The quantitative estimate of drug-likeness (QED) is 0.684.